The van der Waals surface area contributed by atoms with Crippen molar-refractivity contribution in [3.05, 3.63) is 34.9 Å². The van der Waals surface area contributed by atoms with Gasteiger partial charge in [0.25, 0.3) is 0 Å². The summed E-state index contributed by atoms with van der Waals surface area (Å²) < 4.78 is 0. The zero-order valence-electron chi connectivity index (χ0n) is 13.8. The highest BCUT2D eigenvalue weighted by atomic mass is 16.2. The maximum Gasteiger partial charge on any atom is 0.239 e. The lowest BCUT2D eigenvalue weighted by atomic mass is 9.96. The Morgan fingerprint density at radius 3 is 2.45 bits per heavy atom. The molecule has 0 spiro atoms. The van der Waals surface area contributed by atoms with E-state index in [0.717, 1.165) is 44.3 Å². The lowest BCUT2D eigenvalue weighted by molar-refractivity contribution is -0.133. The van der Waals surface area contributed by atoms with Crippen LogP contribution in [0, 0.1) is 0 Å². The number of hydrogen-bond acceptors (Lipinski definition) is 3. The summed E-state index contributed by atoms with van der Waals surface area (Å²) in [5.41, 5.74) is 15.9. The van der Waals surface area contributed by atoms with E-state index in [4.69, 9.17) is 11.5 Å². The Labute approximate surface area is 133 Å². The number of likely N-dealkylation sites (tertiary alicyclic amines) is 1. The fraction of sp³-hybridized carbons (Fsp3) is 0.611. The normalized spacial score (nSPS) is 17.5. The largest absolute Gasteiger partial charge is 0.341 e. The molecule has 4 heteroatoms. The minimum absolute atomic E-state index is 0.0597. The molecule has 1 aliphatic heterocycles. The van der Waals surface area contributed by atoms with Crippen LogP contribution in [0.25, 0.3) is 0 Å². The van der Waals surface area contributed by atoms with Gasteiger partial charge in [0, 0.05) is 19.1 Å². The summed E-state index contributed by atoms with van der Waals surface area (Å²) in [6.07, 6.45) is 4.43. The van der Waals surface area contributed by atoms with Gasteiger partial charge in [0.2, 0.25) is 5.91 Å². The number of carbonyl (C=O) groups is 1. The molecule has 1 amide bonds. The molecule has 1 atom stereocenters. The van der Waals surface area contributed by atoms with Gasteiger partial charge in [-0.3, -0.25) is 4.79 Å². The van der Waals surface area contributed by atoms with Crippen LogP contribution in [0.2, 0.25) is 0 Å². The van der Waals surface area contributed by atoms with Crippen molar-refractivity contribution in [1.29, 1.82) is 0 Å². The molecule has 2 rings (SSSR count). The smallest absolute Gasteiger partial charge is 0.239 e. The van der Waals surface area contributed by atoms with Crippen molar-refractivity contribution in [2.24, 2.45) is 11.5 Å². The van der Waals surface area contributed by atoms with Crippen LogP contribution in [-0.4, -0.2) is 36.0 Å². The van der Waals surface area contributed by atoms with E-state index in [9.17, 15) is 4.79 Å². The molecular weight excluding hydrogens is 274 g/mol. The first-order valence-corrected chi connectivity index (χ1v) is 8.45. The average molecular weight is 303 g/mol. The van der Waals surface area contributed by atoms with Crippen LogP contribution >= 0.6 is 0 Å². The van der Waals surface area contributed by atoms with Crippen LogP contribution in [0.4, 0.5) is 0 Å². The van der Waals surface area contributed by atoms with E-state index >= 15 is 0 Å². The molecule has 22 heavy (non-hydrogen) atoms. The number of benzene rings is 1. The Hall–Kier alpha value is -1.39. The predicted octanol–water partition coefficient (Wildman–Crippen LogP) is 1.63. The number of piperidine rings is 1. The van der Waals surface area contributed by atoms with Crippen molar-refractivity contribution < 1.29 is 4.79 Å². The van der Waals surface area contributed by atoms with Gasteiger partial charge >= 0.3 is 0 Å². The van der Waals surface area contributed by atoms with Gasteiger partial charge in [0.05, 0.1) is 6.04 Å². The molecule has 0 aromatic heterocycles. The van der Waals surface area contributed by atoms with Gasteiger partial charge in [-0.2, -0.15) is 0 Å². The van der Waals surface area contributed by atoms with Crippen LogP contribution in [0.5, 0.6) is 0 Å². The Morgan fingerprint density at radius 2 is 1.86 bits per heavy atom. The monoisotopic (exact) mass is 303 g/mol. The summed E-state index contributed by atoms with van der Waals surface area (Å²) in [4.78, 5) is 14.3. The lowest BCUT2D eigenvalue weighted by Gasteiger charge is -2.32. The van der Waals surface area contributed by atoms with Crippen LogP contribution in [0.3, 0.4) is 0 Å². The maximum atomic E-state index is 12.4. The molecule has 1 aliphatic rings. The highest BCUT2D eigenvalue weighted by Gasteiger charge is 2.25. The van der Waals surface area contributed by atoms with Gasteiger partial charge in [-0.1, -0.05) is 32.0 Å². The molecule has 122 valence electrons. The van der Waals surface area contributed by atoms with Gasteiger partial charge in [-0.05, 0) is 48.8 Å². The van der Waals surface area contributed by atoms with Crippen LogP contribution in [0.1, 0.15) is 43.4 Å². The maximum absolute atomic E-state index is 12.4. The first kappa shape index (κ1) is 17.0. The van der Waals surface area contributed by atoms with E-state index in [0.29, 0.717) is 6.42 Å². The number of hydrogen-bond donors (Lipinski definition) is 2. The molecule has 0 aliphatic carbocycles. The lowest BCUT2D eigenvalue weighted by Crippen LogP contribution is -2.49. The summed E-state index contributed by atoms with van der Waals surface area (Å²) in [5, 5.41) is 0. The number of rotatable bonds is 5. The van der Waals surface area contributed by atoms with Crippen LogP contribution < -0.4 is 11.5 Å². The van der Waals surface area contributed by atoms with Gasteiger partial charge in [0.1, 0.15) is 0 Å². The van der Waals surface area contributed by atoms with Gasteiger partial charge in [-0.25, -0.2) is 0 Å². The molecule has 0 unspecified atom stereocenters. The summed E-state index contributed by atoms with van der Waals surface area (Å²) in [5.74, 6) is 0.0597. The first-order chi connectivity index (χ1) is 10.5. The molecule has 4 nitrogen and oxygen atoms in total. The topological polar surface area (TPSA) is 72.4 Å². The third kappa shape index (κ3) is 4.08. The summed E-state index contributed by atoms with van der Waals surface area (Å²) in [6.45, 7) is 5.82. The molecule has 0 radical (unpaired) electrons. The standard InChI is InChI=1S/C18H29N3O/c1-3-14-6-5-13(11-15(14)4-2)12-17(20)18(22)21-9-7-16(19)8-10-21/h5-6,11,16-17H,3-4,7-10,12,19-20H2,1-2H3/t17-/m1/s1. The van der Waals surface area contributed by atoms with E-state index in [1.807, 2.05) is 4.90 Å². The van der Waals surface area contributed by atoms with E-state index in [-0.39, 0.29) is 11.9 Å². The van der Waals surface area contributed by atoms with E-state index in [1.54, 1.807) is 0 Å². The van der Waals surface area contributed by atoms with Crippen LogP contribution in [-0.2, 0) is 24.1 Å². The Bertz CT molecular complexity index is 507. The highest BCUT2D eigenvalue weighted by Crippen LogP contribution is 2.16. The highest BCUT2D eigenvalue weighted by molar-refractivity contribution is 5.82. The average Bonchev–Trinajstić information content (AvgIpc) is 2.54. The quantitative estimate of drug-likeness (QED) is 0.868. The molecule has 1 saturated heterocycles. The fourth-order valence-corrected chi connectivity index (χ4v) is 3.18. The third-order valence-electron chi connectivity index (χ3n) is 4.66. The Kier molecular flexibility index (Phi) is 5.98. The second-order valence-corrected chi connectivity index (χ2v) is 6.28. The van der Waals surface area contributed by atoms with Gasteiger partial charge < -0.3 is 16.4 Å². The number of nitrogens with two attached hydrogens (primary N) is 2. The summed E-state index contributed by atoms with van der Waals surface area (Å²) in [6, 6.07) is 6.26. The zero-order valence-corrected chi connectivity index (χ0v) is 13.8. The second-order valence-electron chi connectivity index (χ2n) is 6.28. The SMILES string of the molecule is CCc1ccc(C[C@@H](N)C(=O)N2CCC(N)CC2)cc1CC. The summed E-state index contributed by atoms with van der Waals surface area (Å²) in [7, 11) is 0. The number of nitrogens with zero attached hydrogens (tertiary/aromatic N) is 1. The summed E-state index contributed by atoms with van der Waals surface area (Å²) >= 11 is 0. The van der Waals surface area contributed by atoms with Crippen molar-refractivity contribution >= 4 is 5.91 Å². The molecule has 1 aromatic carbocycles. The van der Waals surface area contributed by atoms with E-state index in [2.05, 4.69) is 32.0 Å². The molecule has 0 saturated carbocycles. The van der Waals surface area contributed by atoms with Gasteiger partial charge in [0.15, 0.2) is 0 Å². The second kappa shape index (κ2) is 7.75. The number of amides is 1. The first-order valence-electron chi connectivity index (χ1n) is 8.45. The van der Waals surface area contributed by atoms with E-state index < -0.39 is 6.04 Å². The van der Waals surface area contributed by atoms with E-state index in [1.165, 1.54) is 11.1 Å². The molecule has 0 bridgehead atoms. The van der Waals surface area contributed by atoms with Crippen molar-refractivity contribution in [3.63, 3.8) is 0 Å². The number of aryl methyl sites for hydroxylation is 2. The predicted molar refractivity (Wildman–Crippen MR) is 90.7 cm³/mol. The Morgan fingerprint density at radius 1 is 1.23 bits per heavy atom. The minimum Gasteiger partial charge on any atom is -0.341 e. The van der Waals surface area contributed by atoms with Crippen molar-refractivity contribution in [2.45, 2.75) is 58.0 Å². The Balaban J connectivity index is 1.99. The molecular formula is C18H29N3O. The zero-order chi connectivity index (χ0) is 16.1. The number of carbonyl (C=O) groups excluding carboxylic acids is 1. The van der Waals surface area contributed by atoms with Crippen molar-refractivity contribution in [2.75, 3.05) is 13.1 Å². The van der Waals surface area contributed by atoms with Crippen molar-refractivity contribution in [3.8, 4) is 0 Å². The fourth-order valence-electron chi connectivity index (χ4n) is 3.18. The van der Waals surface area contributed by atoms with Gasteiger partial charge in [-0.15, -0.1) is 0 Å². The molecule has 1 heterocycles. The molecule has 4 N–H and O–H groups in total. The molecule has 1 aromatic rings. The third-order valence-corrected chi connectivity index (χ3v) is 4.66. The van der Waals surface area contributed by atoms with Crippen molar-refractivity contribution in [1.82, 2.24) is 4.90 Å². The minimum atomic E-state index is -0.452. The molecule has 1 fully saturated rings. The van der Waals surface area contributed by atoms with Crippen LogP contribution in [0.15, 0.2) is 18.2 Å².